The van der Waals surface area contributed by atoms with Gasteiger partial charge in [-0.3, -0.25) is 5.32 Å². The van der Waals surface area contributed by atoms with Crippen molar-refractivity contribution < 1.29 is 9.47 Å². The van der Waals surface area contributed by atoms with Crippen molar-refractivity contribution in [2.24, 2.45) is 0 Å². The van der Waals surface area contributed by atoms with Crippen molar-refractivity contribution in [3.05, 3.63) is 30.6 Å². The van der Waals surface area contributed by atoms with Crippen molar-refractivity contribution in [1.82, 2.24) is 9.97 Å². The van der Waals surface area contributed by atoms with Crippen LogP contribution >= 0.6 is 0 Å². The van der Waals surface area contributed by atoms with Gasteiger partial charge in [0.2, 0.25) is 6.79 Å². The molecular formula is C13H11N5O2. The molecule has 1 aliphatic heterocycles. The third-order valence-electron chi connectivity index (χ3n) is 2.92. The number of nitrogens with zero attached hydrogens (tertiary/aromatic N) is 4. The number of nitriles is 1. The minimum atomic E-state index is 0.242. The third kappa shape index (κ3) is 2.14. The van der Waals surface area contributed by atoms with Gasteiger partial charge < -0.3 is 14.4 Å². The summed E-state index contributed by atoms with van der Waals surface area (Å²) in [6, 6.07) is 7.33. The Hall–Kier alpha value is -3.01. The van der Waals surface area contributed by atoms with E-state index in [2.05, 4.69) is 15.3 Å². The Morgan fingerprint density at radius 1 is 1.25 bits per heavy atom. The highest BCUT2D eigenvalue weighted by molar-refractivity contribution is 5.65. The highest BCUT2D eigenvalue weighted by Crippen LogP contribution is 2.36. The Morgan fingerprint density at radius 2 is 2.10 bits per heavy atom. The lowest BCUT2D eigenvalue weighted by Crippen LogP contribution is -2.11. The highest BCUT2D eigenvalue weighted by atomic mass is 16.7. The zero-order chi connectivity index (χ0) is 13.9. The van der Waals surface area contributed by atoms with Crippen LogP contribution in [0.25, 0.3) is 0 Å². The largest absolute Gasteiger partial charge is 0.454 e. The van der Waals surface area contributed by atoms with Crippen molar-refractivity contribution in [3.63, 3.8) is 0 Å². The van der Waals surface area contributed by atoms with Crippen LogP contribution in [0.3, 0.4) is 0 Å². The quantitative estimate of drug-likeness (QED) is 0.672. The average molecular weight is 269 g/mol. The number of ether oxygens (including phenoxy) is 2. The lowest BCUT2D eigenvalue weighted by molar-refractivity contribution is 0.174. The van der Waals surface area contributed by atoms with Crippen LogP contribution < -0.4 is 19.7 Å². The Balaban J connectivity index is 1.90. The number of fused-ring (bicyclic) bond motifs is 1. The van der Waals surface area contributed by atoms with Crippen LogP contribution in [0.5, 0.6) is 11.5 Å². The van der Waals surface area contributed by atoms with Crippen LogP contribution in [0.15, 0.2) is 30.6 Å². The molecule has 100 valence electrons. The summed E-state index contributed by atoms with van der Waals surface area (Å²) < 4.78 is 10.6. The van der Waals surface area contributed by atoms with E-state index in [0.29, 0.717) is 17.4 Å². The van der Waals surface area contributed by atoms with Crippen LogP contribution in [0.4, 0.5) is 17.3 Å². The number of hydrogen-bond acceptors (Lipinski definition) is 7. The lowest BCUT2D eigenvalue weighted by atomic mass is 10.2. The molecule has 0 atom stereocenters. The molecule has 7 heteroatoms. The van der Waals surface area contributed by atoms with Gasteiger partial charge in [-0.2, -0.15) is 5.26 Å². The van der Waals surface area contributed by atoms with E-state index in [1.807, 2.05) is 36.3 Å². The van der Waals surface area contributed by atoms with E-state index < -0.39 is 0 Å². The van der Waals surface area contributed by atoms with Gasteiger partial charge in [-0.05, 0) is 12.1 Å². The Morgan fingerprint density at radius 3 is 2.95 bits per heavy atom. The molecule has 0 fully saturated rings. The van der Waals surface area contributed by atoms with Gasteiger partial charge in [-0.25, -0.2) is 9.97 Å². The normalized spacial score (nSPS) is 11.8. The van der Waals surface area contributed by atoms with Crippen molar-refractivity contribution in [3.8, 4) is 17.7 Å². The van der Waals surface area contributed by atoms with Crippen LogP contribution in [0.1, 0.15) is 0 Å². The topological polar surface area (TPSA) is 83.3 Å². The van der Waals surface area contributed by atoms with Gasteiger partial charge in [0, 0.05) is 24.9 Å². The van der Waals surface area contributed by atoms with E-state index in [4.69, 9.17) is 14.7 Å². The summed E-state index contributed by atoms with van der Waals surface area (Å²) in [6.07, 6.45) is 3.23. The first-order valence-electron chi connectivity index (χ1n) is 5.88. The fourth-order valence-corrected chi connectivity index (χ4v) is 1.88. The van der Waals surface area contributed by atoms with Crippen molar-refractivity contribution in [2.75, 3.05) is 24.1 Å². The monoisotopic (exact) mass is 269 g/mol. The smallest absolute Gasteiger partial charge is 0.231 e. The predicted octanol–water partition coefficient (Wildman–Crippen LogP) is 1.87. The van der Waals surface area contributed by atoms with Gasteiger partial charge >= 0.3 is 0 Å². The number of rotatable bonds is 3. The molecule has 0 aliphatic carbocycles. The van der Waals surface area contributed by atoms with Gasteiger partial charge in [0.05, 0.1) is 0 Å². The number of benzene rings is 1. The van der Waals surface area contributed by atoms with Gasteiger partial charge in [-0.15, -0.1) is 0 Å². The predicted molar refractivity (Wildman–Crippen MR) is 71.9 cm³/mol. The molecule has 1 aliphatic rings. The third-order valence-corrected chi connectivity index (χ3v) is 2.92. The SMILES string of the molecule is CN(c1ccc2c(c1)OCO2)c1cc(NC#N)ncn1. The molecule has 0 amide bonds. The highest BCUT2D eigenvalue weighted by Gasteiger charge is 2.15. The molecule has 1 aromatic heterocycles. The van der Waals surface area contributed by atoms with Crippen molar-refractivity contribution >= 4 is 17.3 Å². The van der Waals surface area contributed by atoms with Crippen LogP contribution in [0.2, 0.25) is 0 Å². The van der Waals surface area contributed by atoms with Crippen LogP contribution in [-0.4, -0.2) is 23.8 Å². The van der Waals surface area contributed by atoms with E-state index in [-0.39, 0.29) is 6.79 Å². The van der Waals surface area contributed by atoms with E-state index in [9.17, 15) is 0 Å². The zero-order valence-corrected chi connectivity index (χ0v) is 10.7. The van der Waals surface area contributed by atoms with Crippen LogP contribution in [-0.2, 0) is 0 Å². The number of anilines is 3. The van der Waals surface area contributed by atoms with Gasteiger partial charge in [0.1, 0.15) is 18.0 Å². The van der Waals surface area contributed by atoms with E-state index in [1.54, 1.807) is 6.07 Å². The lowest BCUT2D eigenvalue weighted by Gasteiger charge is -2.18. The summed E-state index contributed by atoms with van der Waals surface area (Å²) >= 11 is 0. The van der Waals surface area contributed by atoms with Gasteiger partial charge in [0.15, 0.2) is 17.7 Å². The molecule has 20 heavy (non-hydrogen) atoms. The fraction of sp³-hybridized carbons (Fsp3) is 0.154. The zero-order valence-electron chi connectivity index (χ0n) is 10.7. The fourth-order valence-electron chi connectivity index (χ4n) is 1.88. The van der Waals surface area contributed by atoms with Crippen molar-refractivity contribution in [1.29, 1.82) is 5.26 Å². The molecule has 7 nitrogen and oxygen atoms in total. The van der Waals surface area contributed by atoms with Gasteiger partial charge in [-0.1, -0.05) is 0 Å². The number of hydrogen-bond donors (Lipinski definition) is 1. The molecule has 3 rings (SSSR count). The molecule has 0 unspecified atom stereocenters. The molecule has 0 bridgehead atoms. The first kappa shape index (κ1) is 12.0. The summed E-state index contributed by atoms with van der Waals surface area (Å²) in [6.45, 7) is 0.242. The van der Waals surface area contributed by atoms with Gasteiger partial charge in [0.25, 0.3) is 0 Å². The van der Waals surface area contributed by atoms with Crippen LogP contribution in [0, 0.1) is 11.5 Å². The molecule has 2 heterocycles. The first-order chi connectivity index (χ1) is 9.78. The second-order valence-electron chi connectivity index (χ2n) is 4.09. The first-order valence-corrected chi connectivity index (χ1v) is 5.88. The molecule has 0 spiro atoms. The minimum Gasteiger partial charge on any atom is -0.454 e. The molecular weight excluding hydrogens is 258 g/mol. The molecule has 0 radical (unpaired) electrons. The Bertz CT molecular complexity index is 683. The second kappa shape index (κ2) is 4.93. The molecule has 0 saturated carbocycles. The van der Waals surface area contributed by atoms with Crippen molar-refractivity contribution in [2.45, 2.75) is 0 Å². The molecule has 2 aromatic rings. The van der Waals surface area contributed by atoms with E-state index in [0.717, 1.165) is 11.4 Å². The summed E-state index contributed by atoms with van der Waals surface area (Å²) in [7, 11) is 1.87. The Kier molecular flexibility index (Phi) is 2.97. The van der Waals surface area contributed by atoms with E-state index in [1.165, 1.54) is 6.33 Å². The summed E-state index contributed by atoms with van der Waals surface area (Å²) in [5.74, 6) is 2.55. The average Bonchev–Trinajstić information content (AvgIpc) is 2.94. The maximum Gasteiger partial charge on any atom is 0.231 e. The number of nitrogens with one attached hydrogen (secondary N) is 1. The molecule has 1 N–H and O–H groups in total. The van der Waals surface area contributed by atoms with E-state index >= 15 is 0 Å². The standard InChI is InChI=1S/C13H11N5O2/c1-18(13-5-12(15-6-14)16-7-17-13)9-2-3-10-11(4-9)20-8-19-10/h2-5,7H,8H2,1H3,(H,15,16,17). The Labute approximate surface area is 115 Å². The molecule has 0 saturated heterocycles. The summed E-state index contributed by atoms with van der Waals surface area (Å²) in [4.78, 5) is 10.00. The summed E-state index contributed by atoms with van der Waals surface area (Å²) in [5.41, 5.74) is 0.899. The molecule has 1 aromatic carbocycles. The number of aromatic nitrogens is 2. The maximum absolute atomic E-state index is 8.61. The summed E-state index contributed by atoms with van der Waals surface area (Å²) in [5, 5.41) is 11.1. The second-order valence-corrected chi connectivity index (χ2v) is 4.09. The maximum atomic E-state index is 8.61. The minimum absolute atomic E-state index is 0.242.